The lowest BCUT2D eigenvalue weighted by Gasteiger charge is -2.25. The predicted octanol–water partition coefficient (Wildman–Crippen LogP) is 3.52. The molecule has 0 amide bonds. The average molecular weight is 258 g/mol. The second-order valence-corrected chi connectivity index (χ2v) is 20.7. The van der Waals surface area contributed by atoms with Crippen molar-refractivity contribution in [2.45, 2.75) is 65.8 Å². The molecule has 1 nitrogen and oxygen atoms in total. The quantitative estimate of drug-likeness (QED) is 0.543. The SMILES string of the molecule is CC(C)=C[SiH](CCCNC(C)C)[Si](C)(C)C. The third kappa shape index (κ3) is 8.30. The van der Waals surface area contributed by atoms with Gasteiger partial charge in [0.25, 0.3) is 0 Å². The van der Waals surface area contributed by atoms with Crippen LogP contribution in [0.25, 0.3) is 0 Å². The van der Waals surface area contributed by atoms with Crippen LogP contribution in [0.5, 0.6) is 0 Å². The zero-order valence-corrected chi connectivity index (χ0v) is 14.5. The molecule has 0 aromatic carbocycles. The fourth-order valence-electron chi connectivity index (χ4n) is 1.88. The molecule has 0 bridgehead atoms. The first-order valence-corrected chi connectivity index (χ1v) is 13.4. The lowest BCUT2D eigenvalue weighted by molar-refractivity contribution is 0.583. The molecule has 0 saturated carbocycles. The summed E-state index contributed by atoms with van der Waals surface area (Å²) >= 11 is 0. The van der Waals surface area contributed by atoms with E-state index in [4.69, 9.17) is 0 Å². The number of nitrogens with one attached hydrogen (secondary N) is 1. The van der Waals surface area contributed by atoms with Gasteiger partial charge in [0, 0.05) is 13.6 Å². The molecule has 0 rings (SSSR count). The Kier molecular flexibility index (Phi) is 7.52. The van der Waals surface area contributed by atoms with E-state index in [9.17, 15) is 0 Å². The molecule has 1 unspecified atom stereocenters. The van der Waals surface area contributed by atoms with Crippen LogP contribution in [0.3, 0.4) is 0 Å². The first-order chi connectivity index (χ1) is 7.23. The fraction of sp³-hybridized carbons (Fsp3) is 0.846. The number of hydrogen-bond acceptors (Lipinski definition) is 1. The number of hydrogen-bond donors (Lipinski definition) is 1. The Hall–Kier alpha value is 0.134. The second-order valence-electron chi connectivity index (χ2n) is 6.47. The highest BCUT2D eigenvalue weighted by molar-refractivity contribution is 7.33. The smallest absolute Gasteiger partial charge is 0.0552 e. The topological polar surface area (TPSA) is 12.0 Å². The van der Waals surface area contributed by atoms with Gasteiger partial charge in [-0.15, -0.1) is 5.70 Å². The van der Waals surface area contributed by atoms with Crippen molar-refractivity contribution in [3.05, 3.63) is 11.3 Å². The maximum absolute atomic E-state index is 3.52. The van der Waals surface area contributed by atoms with Gasteiger partial charge >= 0.3 is 0 Å². The van der Waals surface area contributed by atoms with Gasteiger partial charge in [-0.25, -0.2) is 0 Å². The lowest BCUT2D eigenvalue weighted by atomic mass is 10.4. The van der Waals surface area contributed by atoms with E-state index in [1.807, 2.05) is 0 Å². The molecule has 16 heavy (non-hydrogen) atoms. The third-order valence-corrected chi connectivity index (χ3v) is 15.3. The Morgan fingerprint density at radius 3 is 2.19 bits per heavy atom. The highest BCUT2D eigenvalue weighted by atomic mass is 29.2. The van der Waals surface area contributed by atoms with Crippen LogP contribution in [0.4, 0.5) is 0 Å². The minimum atomic E-state index is -0.892. The molecule has 1 N–H and O–H groups in total. The van der Waals surface area contributed by atoms with Crippen LogP contribution >= 0.6 is 0 Å². The van der Waals surface area contributed by atoms with Crippen molar-refractivity contribution in [1.29, 1.82) is 0 Å². The molecule has 1 atom stereocenters. The van der Waals surface area contributed by atoms with Gasteiger partial charge in [0.05, 0.1) is 8.31 Å². The van der Waals surface area contributed by atoms with E-state index >= 15 is 0 Å². The van der Waals surface area contributed by atoms with E-state index in [1.165, 1.54) is 24.6 Å². The van der Waals surface area contributed by atoms with Crippen molar-refractivity contribution in [2.75, 3.05) is 6.54 Å². The molecule has 0 saturated heterocycles. The standard InChI is InChI=1S/C13H31NSi2/c1-12(2)11-15(16(5,6)7)10-8-9-14-13(3)4/h11,13-15H,8-10H2,1-7H3. The zero-order chi connectivity index (χ0) is 12.8. The molecule has 0 aromatic rings. The van der Waals surface area contributed by atoms with Crippen molar-refractivity contribution < 1.29 is 0 Å². The van der Waals surface area contributed by atoms with Crippen LogP contribution in [-0.2, 0) is 0 Å². The Labute approximate surface area is 105 Å². The van der Waals surface area contributed by atoms with Crippen molar-refractivity contribution in [3.8, 4) is 0 Å². The Morgan fingerprint density at radius 1 is 1.25 bits per heavy atom. The van der Waals surface area contributed by atoms with Crippen LogP contribution < -0.4 is 5.32 Å². The summed E-state index contributed by atoms with van der Waals surface area (Å²) in [5.41, 5.74) is 4.18. The van der Waals surface area contributed by atoms with Gasteiger partial charge in [-0.05, 0) is 26.8 Å². The van der Waals surface area contributed by atoms with Gasteiger partial charge in [-0.3, -0.25) is 0 Å². The van der Waals surface area contributed by atoms with Gasteiger partial charge in [-0.2, -0.15) is 0 Å². The molecule has 0 aliphatic rings. The Bertz CT molecular complexity index is 212. The maximum Gasteiger partial charge on any atom is 0.0552 e. The first kappa shape index (κ1) is 16.1. The first-order valence-electron chi connectivity index (χ1n) is 6.62. The third-order valence-electron chi connectivity index (χ3n) is 2.89. The van der Waals surface area contributed by atoms with Crippen molar-refractivity contribution >= 4 is 15.9 Å². The molecule has 0 spiro atoms. The van der Waals surface area contributed by atoms with E-state index in [-0.39, 0.29) is 0 Å². The van der Waals surface area contributed by atoms with E-state index in [0.29, 0.717) is 6.04 Å². The van der Waals surface area contributed by atoms with Gasteiger partial charge in [0.1, 0.15) is 0 Å². The van der Waals surface area contributed by atoms with Crippen LogP contribution in [0, 0.1) is 0 Å². The van der Waals surface area contributed by atoms with E-state index in [0.717, 1.165) is 0 Å². The van der Waals surface area contributed by atoms with Crippen LogP contribution in [0.2, 0.25) is 25.7 Å². The van der Waals surface area contributed by atoms with Gasteiger partial charge < -0.3 is 5.32 Å². The minimum Gasteiger partial charge on any atom is -0.315 e. The summed E-state index contributed by atoms with van der Waals surface area (Å²) < 4.78 is 0. The summed E-state index contributed by atoms with van der Waals surface area (Å²) in [6.45, 7) is 17.8. The van der Waals surface area contributed by atoms with Crippen molar-refractivity contribution in [3.63, 3.8) is 0 Å². The predicted molar refractivity (Wildman–Crippen MR) is 82.5 cm³/mol. The van der Waals surface area contributed by atoms with Gasteiger partial charge in [0.15, 0.2) is 0 Å². The molecule has 0 fully saturated rings. The summed E-state index contributed by atoms with van der Waals surface area (Å²) in [5, 5.41) is 3.52. The van der Waals surface area contributed by atoms with Crippen LogP contribution in [-0.4, -0.2) is 28.5 Å². The summed E-state index contributed by atoms with van der Waals surface area (Å²) in [7, 11) is -1.50. The van der Waals surface area contributed by atoms with Crippen LogP contribution in [0.15, 0.2) is 11.3 Å². The van der Waals surface area contributed by atoms with E-state index in [2.05, 4.69) is 58.4 Å². The number of allylic oxidation sites excluding steroid dienone is 1. The molecule has 3 heteroatoms. The van der Waals surface area contributed by atoms with E-state index < -0.39 is 15.9 Å². The van der Waals surface area contributed by atoms with E-state index in [1.54, 1.807) is 0 Å². The molecule has 0 radical (unpaired) electrons. The zero-order valence-electron chi connectivity index (χ0n) is 12.4. The largest absolute Gasteiger partial charge is 0.315 e. The average Bonchev–Trinajstić information content (AvgIpc) is 2.07. The molecule has 0 aromatic heterocycles. The molecule has 0 aliphatic heterocycles. The maximum atomic E-state index is 3.52. The summed E-state index contributed by atoms with van der Waals surface area (Å²) in [6, 6.07) is 2.12. The summed E-state index contributed by atoms with van der Waals surface area (Å²) in [4.78, 5) is 0. The van der Waals surface area contributed by atoms with Gasteiger partial charge in [0.2, 0.25) is 0 Å². The molecule has 0 heterocycles. The molecular formula is C13H31NSi2. The number of rotatable bonds is 7. The Morgan fingerprint density at radius 2 is 1.81 bits per heavy atom. The fourth-order valence-corrected chi connectivity index (χ4v) is 10.6. The van der Waals surface area contributed by atoms with Gasteiger partial charge in [-0.1, -0.05) is 45.1 Å². The Balaban J connectivity index is 4.10. The van der Waals surface area contributed by atoms with Crippen LogP contribution in [0.1, 0.15) is 34.1 Å². The summed E-state index contributed by atoms with van der Waals surface area (Å²) in [5.74, 6) is 0. The summed E-state index contributed by atoms with van der Waals surface area (Å²) in [6.07, 6.45) is 1.36. The molecular weight excluding hydrogens is 226 g/mol. The lowest BCUT2D eigenvalue weighted by Crippen LogP contribution is -2.42. The monoisotopic (exact) mass is 257 g/mol. The minimum absolute atomic E-state index is 0.606. The second kappa shape index (κ2) is 7.46. The van der Waals surface area contributed by atoms with Crippen molar-refractivity contribution in [2.24, 2.45) is 0 Å². The highest BCUT2D eigenvalue weighted by Crippen LogP contribution is 2.15. The van der Waals surface area contributed by atoms with Crippen molar-refractivity contribution in [1.82, 2.24) is 5.32 Å². The normalized spacial score (nSPS) is 14.0. The highest BCUT2D eigenvalue weighted by Gasteiger charge is 2.25. The molecule has 96 valence electrons. The molecule has 0 aliphatic carbocycles.